The maximum Gasteiger partial charge on any atom is 0.162 e. The molecule has 6 nitrogen and oxygen atoms in total. The predicted molar refractivity (Wildman–Crippen MR) is 137 cm³/mol. The molecule has 1 aliphatic rings. The monoisotopic (exact) mass is 504 g/mol. The molecule has 3 aromatic carbocycles. The van der Waals surface area contributed by atoms with Crippen LogP contribution in [0.25, 0.3) is 22.3 Å². The fraction of sp³-hybridized carbons (Fsp3) is 0.231. The van der Waals surface area contributed by atoms with E-state index < -0.39 is 0 Å². The number of fused-ring (bicyclic) bond motifs is 1. The quantitative estimate of drug-likeness (QED) is 0.362. The fourth-order valence-corrected chi connectivity index (χ4v) is 4.49. The van der Waals surface area contributed by atoms with Crippen molar-refractivity contribution in [1.29, 1.82) is 0 Å². The Balaban J connectivity index is 1.56. The highest BCUT2D eigenvalue weighted by Crippen LogP contribution is 2.37. The molecule has 0 radical (unpaired) electrons. The SMILES string of the molecule is COc1cc2nc(-c3ccc(Br)cc3)nc(N3CCN(c4ccccc4)CC3)c2cc1OC. The van der Waals surface area contributed by atoms with Crippen molar-refractivity contribution in [2.75, 3.05) is 50.2 Å². The topological polar surface area (TPSA) is 50.7 Å². The van der Waals surface area contributed by atoms with Gasteiger partial charge in [0.25, 0.3) is 0 Å². The van der Waals surface area contributed by atoms with E-state index in [0.717, 1.165) is 52.9 Å². The molecular formula is C26H25BrN4O2. The Morgan fingerprint density at radius 2 is 1.39 bits per heavy atom. The van der Waals surface area contributed by atoms with E-state index in [0.29, 0.717) is 17.3 Å². The van der Waals surface area contributed by atoms with E-state index >= 15 is 0 Å². The standard InChI is InChI=1S/C26H25BrN4O2/c1-32-23-16-21-22(17-24(23)33-2)28-25(18-8-10-19(27)11-9-18)29-26(21)31-14-12-30(13-15-31)20-6-4-3-5-7-20/h3-11,16-17H,12-15H2,1-2H3. The Kier molecular flexibility index (Phi) is 6.05. The van der Waals surface area contributed by atoms with Gasteiger partial charge in [-0.05, 0) is 30.3 Å². The van der Waals surface area contributed by atoms with Crippen molar-refractivity contribution in [3.05, 3.63) is 71.2 Å². The zero-order chi connectivity index (χ0) is 22.8. The zero-order valence-corrected chi connectivity index (χ0v) is 20.2. The van der Waals surface area contributed by atoms with E-state index in [1.165, 1.54) is 5.69 Å². The summed E-state index contributed by atoms with van der Waals surface area (Å²) in [5.74, 6) is 2.95. The number of methoxy groups -OCH3 is 2. The van der Waals surface area contributed by atoms with Gasteiger partial charge in [-0.2, -0.15) is 0 Å². The number of halogens is 1. The van der Waals surface area contributed by atoms with Gasteiger partial charge in [0.15, 0.2) is 17.3 Å². The van der Waals surface area contributed by atoms with Crippen LogP contribution >= 0.6 is 15.9 Å². The van der Waals surface area contributed by atoms with Gasteiger partial charge in [-0.25, -0.2) is 9.97 Å². The number of benzene rings is 3. The molecule has 168 valence electrons. The second kappa shape index (κ2) is 9.27. The van der Waals surface area contributed by atoms with Gasteiger partial charge in [0, 0.05) is 53.4 Å². The number of hydrogen-bond acceptors (Lipinski definition) is 6. The molecule has 0 N–H and O–H groups in total. The lowest BCUT2D eigenvalue weighted by Crippen LogP contribution is -2.47. The number of piperazine rings is 1. The number of aromatic nitrogens is 2. The second-order valence-corrected chi connectivity index (χ2v) is 8.83. The molecule has 0 saturated carbocycles. The molecule has 1 aromatic heterocycles. The van der Waals surface area contributed by atoms with Gasteiger partial charge >= 0.3 is 0 Å². The largest absolute Gasteiger partial charge is 0.493 e. The summed E-state index contributed by atoms with van der Waals surface area (Å²) in [5.41, 5.74) is 3.06. The van der Waals surface area contributed by atoms with Crippen molar-refractivity contribution in [2.24, 2.45) is 0 Å². The van der Waals surface area contributed by atoms with Gasteiger partial charge in [0.05, 0.1) is 19.7 Å². The molecule has 0 spiro atoms. The number of rotatable bonds is 5. The van der Waals surface area contributed by atoms with E-state index in [-0.39, 0.29) is 0 Å². The number of anilines is 2. The van der Waals surface area contributed by atoms with Gasteiger partial charge in [0.2, 0.25) is 0 Å². The Bertz CT molecular complexity index is 1260. The van der Waals surface area contributed by atoms with Crippen LogP contribution in [0.5, 0.6) is 11.5 Å². The smallest absolute Gasteiger partial charge is 0.162 e. The Morgan fingerprint density at radius 3 is 2.06 bits per heavy atom. The first kappa shape index (κ1) is 21.5. The number of ether oxygens (including phenoxy) is 2. The summed E-state index contributed by atoms with van der Waals surface area (Å²) in [6.07, 6.45) is 0. The Labute approximate surface area is 201 Å². The third-order valence-corrected chi connectivity index (χ3v) is 6.51. The highest BCUT2D eigenvalue weighted by Gasteiger charge is 2.23. The lowest BCUT2D eigenvalue weighted by atomic mass is 10.1. The highest BCUT2D eigenvalue weighted by molar-refractivity contribution is 9.10. The van der Waals surface area contributed by atoms with Crippen LogP contribution in [0.2, 0.25) is 0 Å². The number of nitrogens with zero attached hydrogens (tertiary/aromatic N) is 4. The van der Waals surface area contributed by atoms with E-state index in [2.05, 4.69) is 56.1 Å². The molecule has 1 fully saturated rings. The summed E-state index contributed by atoms with van der Waals surface area (Å²) in [5, 5.41) is 0.960. The molecule has 2 heterocycles. The lowest BCUT2D eigenvalue weighted by Gasteiger charge is -2.37. The normalized spacial score (nSPS) is 13.9. The minimum absolute atomic E-state index is 0.658. The fourth-order valence-electron chi connectivity index (χ4n) is 4.22. The van der Waals surface area contributed by atoms with Crippen molar-refractivity contribution in [3.8, 4) is 22.9 Å². The molecule has 1 aliphatic heterocycles. The van der Waals surface area contributed by atoms with Crippen molar-refractivity contribution >= 4 is 38.3 Å². The maximum absolute atomic E-state index is 5.58. The third-order valence-electron chi connectivity index (χ3n) is 5.98. The average Bonchev–Trinajstić information content (AvgIpc) is 2.88. The van der Waals surface area contributed by atoms with Crippen LogP contribution in [0.1, 0.15) is 0 Å². The molecule has 0 aliphatic carbocycles. The van der Waals surface area contributed by atoms with Crippen LogP contribution in [0.15, 0.2) is 71.2 Å². The van der Waals surface area contributed by atoms with Crippen LogP contribution < -0.4 is 19.3 Å². The Hall–Kier alpha value is -3.32. The summed E-state index contributed by atoms with van der Waals surface area (Å²) < 4.78 is 12.1. The van der Waals surface area contributed by atoms with Gasteiger partial charge in [-0.3, -0.25) is 0 Å². The molecule has 0 atom stereocenters. The molecule has 0 unspecified atom stereocenters. The summed E-state index contributed by atoms with van der Waals surface area (Å²) >= 11 is 3.51. The summed E-state index contributed by atoms with van der Waals surface area (Å²) in [7, 11) is 3.29. The van der Waals surface area contributed by atoms with Gasteiger partial charge in [-0.15, -0.1) is 0 Å². The number of para-hydroxylation sites is 1. The summed E-state index contributed by atoms with van der Waals surface area (Å²) in [4.78, 5) is 14.7. The minimum Gasteiger partial charge on any atom is -0.493 e. The predicted octanol–water partition coefficient (Wildman–Crippen LogP) is 5.40. The van der Waals surface area contributed by atoms with Crippen molar-refractivity contribution in [3.63, 3.8) is 0 Å². The van der Waals surface area contributed by atoms with E-state index in [1.807, 2.05) is 36.4 Å². The van der Waals surface area contributed by atoms with Crippen LogP contribution in [0, 0.1) is 0 Å². The van der Waals surface area contributed by atoms with E-state index in [9.17, 15) is 0 Å². The minimum atomic E-state index is 0.658. The van der Waals surface area contributed by atoms with Crippen LogP contribution in [-0.2, 0) is 0 Å². The average molecular weight is 505 g/mol. The van der Waals surface area contributed by atoms with Crippen LogP contribution in [-0.4, -0.2) is 50.4 Å². The van der Waals surface area contributed by atoms with Crippen LogP contribution in [0.3, 0.4) is 0 Å². The first-order valence-electron chi connectivity index (χ1n) is 10.9. The molecule has 7 heteroatoms. The van der Waals surface area contributed by atoms with Gasteiger partial charge in [0.1, 0.15) is 5.82 Å². The van der Waals surface area contributed by atoms with Crippen LogP contribution in [0.4, 0.5) is 11.5 Å². The second-order valence-electron chi connectivity index (χ2n) is 7.91. The molecule has 5 rings (SSSR count). The first-order chi connectivity index (χ1) is 16.2. The van der Waals surface area contributed by atoms with E-state index in [4.69, 9.17) is 19.4 Å². The molecular weight excluding hydrogens is 480 g/mol. The molecule has 4 aromatic rings. The van der Waals surface area contributed by atoms with Gasteiger partial charge < -0.3 is 19.3 Å². The Morgan fingerprint density at radius 1 is 0.758 bits per heavy atom. The van der Waals surface area contributed by atoms with Crippen molar-refractivity contribution in [1.82, 2.24) is 9.97 Å². The first-order valence-corrected chi connectivity index (χ1v) is 11.7. The lowest BCUT2D eigenvalue weighted by molar-refractivity contribution is 0.356. The zero-order valence-electron chi connectivity index (χ0n) is 18.7. The number of hydrogen-bond donors (Lipinski definition) is 0. The molecule has 0 amide bonds. The third kappa shape index (κ3) is 4.33. The van der Waals surface area contributed by atoms with Crippen molar-refractivity contribution in [2.45, 2.75) is 0 Å². The molecule has 0 bridgehead atoms. The maximum atomic E-state index is 5.58. The van der Waals surface area contributed by atoms with Gasteiger partial charge in [-0.1, -0.05) is 46.3 Å². The van der Waals surface area contributed by atoms with Crippen molar-refractivity contribution < 1.29 is 9.47 Å². The molecule has 33 heavy (non-hydrogen) atoms. The summed E-state index contributed by atoms with van der Waals surface area (Å²) in [6.45, 7) is 3.59. The van der Waals surface area contributed by atoms with E-state index in [1.54, 1.807) is 14.2 Å². The highest BCUT2D eigenvalue weighted by atomic mass is 79.9. The molecule has 1 saturated heterocycles. The summed E-state index contributed by atoms with van der Waals surface area (Å²) in [6, 6.07) is 22.6.